The fourth-order valence-electron chi connectivity index (χ4n) is 15.2. The maximum absolute atomic E-state index is 13.9. The zero-order chi connectivity index (χ0) is 65.9. The van der Waals surface area contributed by atoms with Crippen molar-refractivity contribution in [2.45, 2.75) is 54.6 Å². The molecular weight excluding hydrogens is 1330 g/mol. The number of thiazole rings is 4. The van der Waals surface area contributed by atoms with Crippen LogP contribution in [-0.4, -0.2) is 31.5 Å². The minimum atomic E-state index is -0.741. The number of rotatable bonds is 8. The Morgan fingerprint density at radius 2 is 0.876 bits per heavy atom. The van der Waals surface area contributed by atoms with Gasteiger partial charge in [0, 0.05) is 59.2 Å². The van der Waals surface area contributed by atoms with Crippen molar-refractivity contribution in [1.29, 1.82) is 21.0 Å². The number of benzene rings is 7. The summed E-state index contributed by atoms with van der Waals surface area (Å²) in [5, 5.41) is 42.9. The molecule has 0 saturated carbocycles. The quantitative estimate of drug-likeness (QED) is 0.104. The van der Waals surface area contributed by atoms with E-state index in [9.17, 15) is 30.6 Å². The highest BCUT2D eigenvalue weighted by molar-refractivity contribution is 8.00. The zero-order valence-electron chi connectivity index (χ0n) is 51.7. The lowest BCUT2D eigenvalue weighted by Gasteiger charge is -2.38. The Balaban J connectivity index is 0.797. The lowest BCUT2D eigenvalue weighted by atomic mass is 9.64. The summed E-state index contributed by atoms with van der Waals surface area (Å²) in [6, 6.07) is 68.8. The lowest BCUT2D eigenvalue weighted by Crippen LogP contribution is -2.33. The van der Waals surface area contributed by atoms with Crippen LogP contribution in [-0.2, 0) is 10.8 Å². The molecule has 7 heterocycles. The van der Waals surface area contributed by atoms with Crippen molar-refractivity contribution in [3.8, 4) is 54.5 Å². The molecule has 18 rings (SSSR count). The Labute approximate surface area is 584 Å². The number of aromatic nitrogens is 4. The number of hydrogen-bond acceptors (Lipinski definition) is 17. The van der Waals surface area contributed by atoms with Crippen LogP contribution in [0, 0.1) is 73.0 Å². The number of aryl methyl sites for hydroxylation is 4. The number of allylic oxidation sites excluding steroid dienone is 6. The minimum Gasteiger partial charge on any atom is -0.289 e. The van der Waals surface area contributed by atoms with E-state index < -0.39 is 10.8 Å². The molecule has 10 nitrogen and oxygen atoms in total. The van der Waals surface area contributed by atoms with Gasteiger partial charge in [-0.15, -0.1) is 34.4 Å². The summed E-state index contributed by atoms with van der Waals surface area (Å²) in [5.74, 6) is -0.521. The third kappa shape index (κ3) is 8.61. The molecule has 0 fully saturated rings. The monoisotopic (exact) mass is 1370 g/mol. The molecule has 13 aromatic rings. The average Bonchev–Trinajstić information content (AvgIpc) is 1.50. The molecule has 0 saturated heterocycles. The molecule has 2 unspecified atom stereocenters. The maximum atomic E-state index is 13.9. The molecule has 1 aliphatic heterocycles. The number of carbonyl (C=O) groups is 2. The molecule has 4 aliphatic carbocycles. The molecule has 2 atom stereocenters. The predicted octanol–water partition coefficient (Wildman–Crippen LogP) is 20.3. The van der Waals surface area contributed by atoms with E-state index in [0.29, 0.717) is 43.4 Å². The standard InChI is InChI=1S/C80H44N8O2S7/c1-39-13-21-45(22-14-39)79(46-23-15-40(2)16-24-46)57-30-54-58(29-53(57)70-59(79)33-61(92-70)73-87-77-75(96-73)85-63(94-77)31-55-65(43(35-81)36-82)49-9-5-7-11-51(49)68(55)89)80(47-25-17-41(3)18-26-47,48-27-19-42(4)20-28-48)67-71(54)91-60-34-62(93-72(60)67)74-88-78-76(97-74)86-64(95-78)32-56-66(44(37-83)38-84)50-10-6-8-12-52(50)69(56)90/h5-34,67,71H,1-4H3/b55-31-,56-32-. The number of fused-ring (bicyclic) bond motifs is 12. The highest BCUT2D eigenvalue weighted by Crippen LogP contribution is 2.74. The number of Topliss-reactive ketones (excluding diaryl/α,β-unsaturated/α-hetero) is 2. The number of ketones is 2. The van der Waals surface area contributed by atoms with Crippen LogP contribution in [0.25, 0.3) is 72.8 Å². The summed E-state index contributed by atoms with van der Waals surface area (Å²) in [6.45, 7) is 8.60. The van der Waals surface area contributed by atoms with Crippen molar-refractivity contribution in [1.82, 2.24) is 19.9 Å². The second kappa shape index (κ2) is 22.1. The van der Waals surface area contributed by atoms with Crippen LogP contribution in [0.5, 0.6) is 0 Å². The topological polar surface area (TPSA) is 181 Å². The van der Waals surface area contributed by atoms with Crippen molar-refractivity contribution in [2.24, 2.45) is 0 Å². The van der Waals surface area contributed by atoms with Crippen LogP contribution in [0.4, 0.5) is 0 Å². The smallest absolute Gasteiger partial charge is 0.194 e. The summed E-state index contributed by atoms with van der Waals surface area (Å²) in [6.07, 6.45) is 3.41. The molecule has 0 bridgehead atoms. The fourth-order valence-corrected chi connectivity index (χ4v) is 23.8. The summed E-state index contributed by atoms with van der Waals surface area (Å²) in [5.41, 5.74) is 17.4. The van der Waals surface area contributed by atoms with Gasteiger partial charge in [-0.05, 0) is 119 Å². The van der Waals surface area contributed by atoms with Gasteiger partial charge in [0.25, 0.3) is 0 Å². The van der Waals surface area contributed by atoms with Crippen LogP contribution in [0.1, 0.15) is 125 Å². The number of hydrogen-bond donors (Lipinski definition) is 0. The van der Waals surface area contributed by atoms with Gasteiger partial charge < -0.3 is 0 Å². The van der Waals surface area contributed by atoms with E-state index >= 15 is 0 Å². The molecule has 0 N–H and O–H groups in total. The third-order valence-corrected chi connectivity index (χ3v) is 27.7. The van der Waals surface area contributed by atoms with Crippen LogP contribution >= 0.6 is 79.8 Å². The minimum absolute atomic E-state index is 0.0269. The first-order valence-electron chi connectivity index (χ1n) is 31.1. The largest absolute Gasteiger partial charge is 0.289 e. The van der Waals surface area contributed by atoms with Crippen LogP contribution in [0.3, 0.4) is 0 Å². The van der Waals surface area contributed by atoms with E-state index in [2.05, 4.69) is 149 Å². The van der Waals surface area contributed by atoms with Gasteiger partial charge >= 0.3 is 0 Å². The van der Waals surface area contributed by atoms with E-state index in [0.717, 1.165) is 39.1 Å². The van der Waals surface area contributed by atoms with Crippen LogP contribution in [0.2, 0.25) is 0 Å². The normalized spacial score (nSPS) is 17.2. The van der Waals surface area contributed by atoms with Crippen molar-refractivity contribution < 1.29 is 9.59 Å². The second-order valence-electron chi connectivity index (χ2n) is 24.9. The highest BCUT2D eigenvalue weighted by Gasteiger charge is 2.61. The van der Waals surface area contributed by atoms with E-state index in [1.807, 2.05) is 47.4 Å². The van der Waals surface area contributed by atoms with Gasteiger partial charge in [0.1, 0.15) is 55.5 Å². The molecule has 0 amide bonds. The van der Waals surface area contributed by atoms with E-state index in [1.54, 1.807) is 72.0 Å². The number of thioether (sulfide) groups is 1. The molecule has 17 heteroatoms. The Kier molecular flexibility index (Phi) is 13.4. The molecule has 5 aliphatic rings. The maximum Gasteiger partial charge on any atom is 0.194 e. The summed E-state index contributed by atoms with van der Waals surface area (Å²) >= 11 is 11.4. The second-order valence-corrected chi connectivity index (χ2v) is 32.2. The van der Waals surface area contributed by atoms with Gasteiger partial charge in [-0.25, -0.2) is 19.9 Å². The van der Waals surface area contributed by atoms with Crippen LogP contribution in [0.15, 0.2) is 197 Å². The average molecular weight is 1370 g/mol. The van der Waals surface area contributed by atoms with Crippen molar-refractivity contribution >= 4 is 134 Å². The first kappa shape index (κ1) is 59.1. The fraction of sp³-hybridized carbons (Fsp3) is 0.100. The molecule has 458 valence electrons. The molecule has 97 heavy (non-hydrogen) atoms. The Morgan fingerprint density at radius 3 is 1.33 bits per heavy atom. The molecular formula is C80H44N8O2S7. The first-order valence-corrected chi connectivity index (χ1v) is 36.9. The molecule has 7 aromatic carbocycles. The first-order chi connectivity index (χ1) is 47.3. The summed E-state index contributed by atoms with van der Waals surface area (Å²) < 4.78 is 0. The summed E-state index contributed by atoms with van der Waals surface area (Å²) in [4.78, 5) is 57.3. The highest BCUT2D eigenvalue weighted by atomic mass is 32.2. The predicted molar refractivity (Wildman–Crippen MR) is 391 cm³/mol. The van der Waals surface area contributed by atoms with E-state index in [4.69, 9.17) is 19.9 Å². The van der Waals surface area contributed by atoms with Gasteiger partial charge in [-0.3, -0.25) is 9.59 Å². The van der Waals surface area contributed by atoms with Gasteiger partial charge in [0.05, 0.1) is 20.6 Å². The number of thiophene rings is 2. The van der Waals surface area contributed by atoms with Crippen molar-refractivity contribution in [3.05, 3.63) is 296 Å². The van der Waals surface area contributed by atoms with E-state index in [-0.39, 0.29) is 45.0 Å². The number of nitriles is 4. The van der Waals surface area contributed by atoms with Gasteiger partial charge in [-0.1, -0.05) is 219 Å². The number of carbonyl (C=O) groups excluding carboxylic acids is 2. The van der Waals surface area contributed by atoms with Gasteiger partial charge in [0.2, 0.25) is 0 Å². The van der Waals surface area contributed by atoms with Crippen LogP contribution < -0.4 is 0 Å². The third-order valence-electron chi connectivity index (χ3n) is 19.5. The SMILES string of the molecule is Cc1ccc(C2(c3ccc(C)cc3)c3cc4c(cc3-c3sc(-c5nc6sc(/C=C7\C(=O)c8ccccc8C7=C(C#N)C#N)nc6s5)cc32)C(c2ccc(C)cc2)(c2ccc(C)cc2)C2c3sc(-c5nc6sc(/C=C7\C(=O)c8ccccc8C7=C(C#N)C#N)nc6s5)cc3SC42)cc1. The van der Waals surface area contributed by atoms with E-state index in [1.165, 1.54) is 132 Å². The molecule has 0 radical (unpaired) electrons. The zero-order valence-corrected chi connectivity index (χ0v) is 57.4. The van der Waals surface area contributed by atoms with Gasteiger partial charge in [-0.2, -0.15) is 21.0 Å². The van der Waals surface area contributed by atoms with Gasteiger partial charge in [0.15, 0.2) is 30.9 Å². The lowest BCUT2D eigenvalue weighted by molar-refractivity contribution is 0.103. The Morgan fingerprint density at radius 1 is 0.443 bits per heavy atom. The Bertz CT molecular complexity index is 5830. The molecule has 0 spiro atoms. The molecule has 6 aromatic heterocycles. The van der Waals surface area contributed by atoms with Crippen molar-refractivity contribution in [3.63, 3.8) is 0 Å². The number of nitrogens with zero attached hydrogens (tertiary/aromatic N) is 8. The summed E-state index contributed by atoms with van der Waals surface area (Å²) in [7, 11) is 0. The Hall–Kier alpha value is -10.4. The van der Waals surface area contributed by atoms with Crippen molar-refractivity contribution in [2.75, 3.05) is 0 Å².